The van der Waals surface area contributed by atoms with Crippen molar-refractivity contribution in [2.75, 3.05) is 6.54 Å². The van der Waals surface area contributed by atoms with Crippen LogP contribution in [-0.2, 0) is 14.4 Å². The molecular weight excluding hydrogens is 328 g/mol. The van der Waals surface area contributed by atoms with E-state index < -0.39 is 17.6 Å². The van der Waals surface area contributed by atoms with Gasteiger partial charge in [0.1, 0.15) is 5.60 Å². The molecule has 138 valence electrons. The molecule has 0 aliphatic heterocycles. The molecule has 0 heterocycles. The van der Waals surface area contributed by atoms with Crippen LogP contribution in [0.5, 0.6) is 0 Å². The number of amides is 2. The highest BCUT2D eigenvalue weighted by molar-refractivity contribution is 6.24. The van der Waals surface area contributed by atoms with E-state index >= 15 is 0 Å². The lowest BCUT2D eigenvalue weighted by Gasteiger charge is -2.27. The van der Waals surface area contributed by atoms with E-state index in [1.54, 1.807) is 20.8 Å². The molecule has 2 amide bonds. The summed E-state index contributed by atoms with van der Waals surface area (Å²) in [6, 6.07) is 0. The predicted octanol–water partition coefficient (Wildman–Crippen LogP) is 1.35. The third-order valence-corrected chi connectivity index (χ3v) is 4.45. The standard InChI is InChI=1S/C17H24N2O6/c1-6-19(16(23)24)18-15(22)17(5,25)8-7-12-11(4)13(20)9(2)10(3)14(12)21/h25H,6-8H2,1-5H3,(H,18,22)(H,23,24). The van der Waals surface area contributed by atoms with Crippen LogP contribution in [0.2, 0.25) is 0 Å². The third kappa shape index (κ3) is 4.33. The molecule has 0 spiro atoms. The third-order valence-electron chi connectivity index (χ3n) is 4.45. The van der Waals surface area contributed by atoms with Gasteiger partial charge in [0.2, 0.25) is 0 Å². The number of ketones is 2. The van der Waals surface area contributed by atoms with E-state index in [0.717, 1.165) is 0 Å². The van der Waals surface area contributed by atoms with Crippen LogP contribution in [0.4, 0.5) is 4.79 Å². The minimum absolute atomic E-state index is 0.0116. The second-order valence-electron chi connectivity index (χ2n) is 6.25. The van der Waals surface area contributed by atoms with Gasteiger partial charge in [0.15, 0.2) is 11.6 Å². The van der Waals surface area contributed by atoms with Crippen LogP contribution in [0.25, 0.3) is 0 Å². The molecule has 25 heavy (non-hydrogen) atoms. The van der Waals surface area contributed by atoms with Crippen LogP contribution < -0.4 is 5.43 Å². The Morgan fingerprint density at radius 2 is 1.60 bits per heavy atom. The van der Waals surface area contributed by atoms with E-state index in [0.29, 0.717) is 21.7 Å². The fraction of sp³-hybridized carbons (Fsp3) is 0.529. The zero-order valence-electron chi connectivity index (χ0n) is 15.1. The van der Waals surface area contributed by atoms with Crippen LogP contribution in [0, 0.1) is 0 Å². The molecule has 1 rings (SSSR count). The molecule has 3 N–H and O–H groups in total. The smallest absolute Gasteiger partial charge is 0.426 e. The molecule has 0 radical (unpaired) electrons. The van der Waals surface area contributed by atoms with Crippen LogP contribution in [0.15, 0.2) is 22.3 Å². The van der Waals surface area contributed by atoms with Gasteiger partial charge in [-0.15, -0.1) is 0 Å². The number of hydrazine groups is 1. The minimum Gasteiger partial charge on any atom is -0.464 e. The molecule has 8 nitrogen and oxygen atoms in total. The van der Waals surface area contributed by atoms with Gasteiger partial charge in [0, 0.05) is 28.8 Å². The first-order valence-corrected chi connectivity index (χ1v) is 7.94. The number of hydrogen-bond donors (Lipinski definition) is 3. The summed E-state index contributed by atoms with van der Waals surface area (Å²) >= 11 is 0. The number of nitrogens with one attached hydrogen (secondary N) is 1. The Labute approximate surface area is 146 Å². The lowest BCUT2D eigenvalue weighted by molar-refractivity contribution is -0.143. The summed E-state index contributed by atoms with van der Waals surface area (Å²) in [4.78, 5) is 47.5. The number of nitrogens with zero attached hydrogens (tertiary/aromatic N) is 1. The van der Waals surface area contributed by atoms with Crippen LogP contribution in [-0.4, -0.2) is 50.9 Å². The zero-order chi connectivity index (χ0) is 19.5. The van der Waals surface area contributed by atoms with E-state index in [2.05, 4.69) is 5.43 Å². The van der Waals surface area contributed by atoms with E-state index in [4.69, 9.17) is 5.11 Å². The molecule has 1 unspecified atom stereocenters. The van der Waals surface area contributed by atoms with Crippen molar-refractivity contribution in [2.24, 2.45) is 0 Å². The minimum atomic E-state index is -1.90. The van der Waals surface area contributed by atoms with E-state index in [1.165, 1.54) is 13.8 Å². The molecule has 1 aliphatic rings. The number of hydrogen-bond acceptors (Lipinski definition) is 5. The Hall–Kier alpha value is -2.48. The van der Waals surface area contributed by atoms with Gasteiger partial charge >= 0.3 is 6.09 Å². The summed E-state index contributed by atoms with van der Waals surface area (Å²) in [6.07, 6.45) is -1.45. The molecule has 0 saturated heterocycles. The lowest BCUT2D eigenvalue weighted by atomic mass is 9.82. The van der Waals surface area contributed by atoms with Crippen LogP contribution in [0.3, 0.4) is 0 Å². The molecule has 8 heteroatoms. The summed E-state index contributed by atoms with van der Waals surface area (Å²) < 4.78 is 0. The van der Waals surface area contributed by atoms with Gasteiger partial charge < -0.3 is 10.2 Å². The lowest BCUT2D eigenvalue weighted by Crippen LogP contribution is -2.53. The van der Waals surface area contributed by atoms with E-state index in [-0.39, 0.29) is 36.5 Å². The summed E-state index contributed by atoms with van der Waals surface area (Å²) in [5.74, 6) is -1.39. The SMILES string of the molecule is CCN(NC(=O)C(C)(O)CCC1=C(C)C(=O)C(C)=C(C)C1=O)C(=O)O. The first kappa shape index (κ1) is 20.6. The molecule has 1 atom stereocenters. The van der Waals surface area contributed by atoms with Crippen molar-refractivity contribution in [3.8, 4) is 0 Å². The maximum atomic E-state index is 12.4. The van der Waals surface area contributed by atoms with Crippen molar-refractivity contribution in [1.29, 1.82) is 0 Å². The maximum absolute atomic E-state index is 12.4. The Morgan fingerprint density at radius 1 is 1.08 bits per heavy atom. The highest BCUT2D eigenvalue weighted by Crippen LogP contribution is 2.28. The Bertz CT molecular complexity index is 687. The summed E-state index contributed by atoms with van der Waals surface area (Å²) in [5.41, 5.74) is 1.55. The van der Waals surface area contributed by atoms with E-state index in [1.807, 2.05) is 0 Å². The molecule has 0 fully saturated rings. The van der Waals surface area contributed by atoms with Crippen molar-refractivity contribution >= 4 is 23.6 Å². The highest BCUT2D eigenvalue weighted by atomic mass is 16.4. The second kappa shape index (κ2) is 7.60. The van der Waals surface area contributed by atoms with Crippen LogP contribution in [0.1, 0.15) is 47.5 Å². The Balaban J connectivity index is 2.88. The number of allylic oxidation sites excluding steroid dienone is 4. The number of rotatable bonds is 5. The van der Waals surface area contributed by atoms with Crippen molar-refractivity contribution in [2.45, 2.75) is 53.1 Å². The van der Waals surface area contributed by atoms with Crippen molar-refractivity contribution in [1.82, 2.24) is 10.4 Å². The van der Waals surface area contributed by atoms with Crippen molar-refractivity contribution < 1.29 is 29.4 Å². The average molecular weight is 352 g/mol. The molecule has 1 aliphatic carbocycles. The molecule has 0 aromatic rings. The first-order chi connectivity index (χ1) is 11.4. The van der Waals surface area contributed by atoms with Gasteiger partial charge in [-0.1, -0.05) is 0 Å². The van der Waals surface area contributed by atoms with Gasteiger partial charge in [-0.2, -0.15) is 0 Å². The van der Waals surface area contributed by atoms with Crippen molar-refractivity contribution in [3.05, 3.63) is 22.3 Å². The quantitative estimate of drug-likeness (QED) is 0.507. The number of aliphatic hydroxyl groups is 1. The number of carbonyl (C=O) groups excluding carboxylic acids is 3. The van der Waals surface area contributed by atoms with E-state index in [9.17, 15) is 24.3 Å². The number of carboxylic acid groups (broad SMARTS) is 1. The van der Waals surface area contributed by atoms with Gasteiger partial charge in [-0.25, -0.2) is 9.80 Å². The number of Topliss-reactive ketones (excluding diaryl/α,β-unsaturated/α-hetero) is 2. The highest BCUT2D eigenvalue weighted by Gasteiger charge is 2.35. The summed E-state index contributed by atoms with van der Waals surface area (Å²) in [7, 11) is 0. The maximum Gasteiger partial charge on any atom is 0.426 e. The van der Waals surface area contributed by atoms with Crippen LogP contribution >= 0.6 is 0 Å². The Morgan fingerprint density at radius 3 is 2.08 bits per heavy atom. The topological polar surface area (TPSA) is 124 Å². The van der Waals surface area contributed by atoms with Gasteiger partial charge in [-0.3, -0.25) is 19.8 Å². The zero-order valence-corrected chi connectivity index (χ0v) is 15.1. The molecular formula is C17H24N2O6. The normalized spacial score (nSPS) is 17.5. The average Bonchev–Trinajstić information content (AvgIpc) is 2.55. The fourth-order valence-corrected chi connectivity index (χ4v) is 2.44. The first-order valence-electron chi connectivity index (χ1n) is 7.94. The fourth-order valence-electron chi connectivity index (χ4n) is 2.44. The summed E-state index contributed by atoms with van der Waals surface area (Å²) in [6.45, 7) is 7.47. The summed E-state index contributed by atoms with van der Waals surface area (Å²) in [5, 5.41) is 19.9. The molecule has 0 saturated carbocycles. The van der Waals surface area contributed by atoms with Gasteiger partial charge in [-0.05, 0) is 47.5 Å². The predicted molar refractivity (Wildman–Crippen MR) is 89.5 cm³/mol. The number of carbonyl (C=O) groups is 4. The second-order valence-corrected chi connectivity index (χ2v) is 6.25. The molecule has 0 aromatic carbocycles. The van der Waals surface area contributed by atoms with Gasteiger partial charge in [0.25, 0.3) is 5.91 Å². The largest absolute Gasteiger partial charge is 0.464 e. The Kier molecular flexibility index (Phi) is 6.26. The molecule has 0 aromatic heterocycles. The van der Waals surface area contributed by atoms with Gasteiger partial charge in [0.05, 0.1) is 0 Å². The monoisotopic (exact) mass is 352 g/mol. The van der Waals surface area contributed by atoms with Crippen molar-refractivity contribution in [3.63, 3.8) is 0 Å². The molecule has 0 bridgehead atoms.